The summed E-state index contributed by atoms with van der Waals surface area (Å²) in [5, 5.41) is 19.7. The van der Waals surface area contributed by atoms with Crippen molar-refractivity contribution in [1.29, 1.82) is 0 Å². The molecule has 3 saturated carbocycles. The van der Waals surface area contributed by atoms with Gasteiger partial charge in [0.15, 0.2) is 0 Å². The van der Waals surface area contributed by atoms with E-state index in [1.807, 2.05) is 73.2 Å². The molecule has 20 nitrogen and oxygen atoms in total. The number of hydrogen-bond acceptors (Lipinski definition) is 17. The molecule has 0 radical (unpaired) electrons. The molecule has 102 heavy (non-hydrogen) atoms. The summed E-state index contributed by atoms with van der Waals surface area (Å²) in [6.07, 6.45) is 6.96. The van der Waals surface area contributed by atoms with Crippen molar-refractivity contribution in [2.24, 2.45) is 21.7 Å². The third kappa shape index (κ3) is 17.7. The number of amides is 5. The molecule has 3 aliphatic heterocycles. The van der Waals surface area contributed by atoms with Gasteiger partial charge < -0.3 is 35.8 Å². The van der Waals surface area contributed by atoms with Crippen molar-refractivity contribution in [3.63, 3.8) is 0 Å². The summed E-state index contributed by atoms with van der Waals surface area (Å²) in [4.78, 5) is 82.8. The fourth-order valence-corrected chi connectivity index (χ4v) is 19.6. The van der Waals surface area contributed by atoms with Gasteiger partial charge in [0.2, 0.25) is 23.6 Å². The van der Waals surface area contributed by atoms with Crippen LogP contribution < -0.4 is 25.6 Å². The molecule has 4 aliphatic carbocycles. The number of sulfone groups is 1. The van der Waals surface area contributed by atoms with Crippen LogP contribution in [0.15, 0.2) is 128 Å². The maximum Gasteiger partial charge on any atom is 0.501 e. The molecule has 5 amide bonds. The zero-order valence-corrected chi connectivity index (χ0v) is 62.8. The smallest absolute Gasteiger partial charge is 0.391 e. The Bertz CT molecular complexity index is 4130. The number of hydrogen-bond donors (Lipinski definition) is 5. The Morgan fingerprint density at radius 3 is 2.11 bits per heavy atom. The molecule has 27 heteroatoms. The summed E-state index contributed by atoms with van der Waals surface area (Å²) in [6.45, 7) is 22.4. The van der Waals surface area contributed by atoms with Gasteiger partial charge in [0.25, 0.3) is 25.8 Å². The third-order valence-corrected chi connectivity index (χ3v) is 26.4. The zero-order chi connectivity index (χ0) is 73.3. The Hall–Kier alpha value is -6.88. The number of carbonyl (C=O) groups excluding carboxylic acids is 5. The second kappa shape index (κ2) is 30.7. The molecular formula is C75H97F3N10O10S4. The number of alkyl halides is 3. The number of carbonyl (C=O) groups is 5. The highest BCUT2D eigenvalue weighted by Crippen LogP contribution is 2.77. The van der Waals surface area contributed by atoms with Crippen LogP contribution in [0.4, 0.5) is 24.5 Å². The number of thiazole rings is 1. The number of allylic oxidation sites excluding steroid dienone is 1. The zero-order valence-electron chi connectivity index (χ0n) is 59.5. The monoisotopic (exact) mass is 1480 g/mol. The number of aliphatic hydroxyl groups is 1. The van der Waals surface area contributed by atoms with Crippen LogP contribution in [-0.4, -0.2) is 184 Å². The van der Waals surface area contributed by atoms with Gasteiger partial charge in [-0.25, -0.2) is 26.5 Å². The Morgan fingerprint density at radius 2 is 1.48 bits per heavy atom. The van der Waals surface area contributed by atoms with Gasteiger partial charge in [0.05, 0.1) is 38.8 Å². The molecule has 12 rings (SSSR count). The number of nitrogens with one attached hydrogen (secondary N) is 4. The van der Waals surface area contributed by atoms with Crippen LogP contribution >= 0.6 is 23.1 Å². The van der Waals surface area contributed by atoms with Crippen LogP contribution in [0.25, 0.3) is 10.4 Å². The fourth-order valence-electron chi connectivity index (χ4n) is 15.8. The van der Waals surface area contributed by atoms with Gasteiger partial charge in [-0.2, -0.15) is 13.2 Å². The van der Waals surface area contributed by atoms with Crippen molar-refractivity contribution in [3.8, 4) is 10.4 Å². The minimum Gasteiger partial charge on any atom is -0.391 e. The van der Waals surface area contributed by atoms with Crippen molar-refractivity contribution in [3.05, 3.63) is 131 Å². The van der Waals surface area contributed by atoms with E-state index >= 15 is 0 Å². The van der Waals surface area contributed by atoms with Crippen molar-refractivity contribution in [2.45, 2.75) is 176 Å². The molecule has 0 unspecified atom stereocenters. The van der Waals surface area contributed by atoms with E-state index in [1.165, 1.54) is 60.9 Å². The van der Waals surface area contributed by atoms with E-state index < -0.39 is 100 Å². The number of rotatable bonds is 26. The number of halogens is 3. The van der Waals surface area contributed by atoms with Gasteiger partial charge in [0, 0.05) is 119 Å². The highest BCUT2D eigenvalue weighted by atomic mass is 32.2. The van der Waals surface area contributed by atoms with Crippen LogP contribution in [-0.2, 0) is 39.0 Å². The van der Waals surface area contributed by atoms with Crippen molar-refractivity contribution < 1.29 is 59.1 Å². The number of sulfonamides is 1. The molecule has 5 N–H and O–H groups in total. The van der Waals surface area contributed by atoms with Gasteiger partial charge in [-0.05, 0) is 153 Å². The average Bonchev–Trinajstić information content (AvgIpc) is 0.777. The van der Waals surface area contributed by atoms with E-state index in [-0.39, 0.29) is 55.9 Å². The molecular weight excluding hydrogens is 1390 g/mol. The molecule has 552 valence electrons. The number of nitrogens with zero attached hydrogens (tertiary/aromatic N) is 6. The third-order valence-electron chi connectivity index (χ3n) is 21.4. The second-order valence-electron chi connectivity index (χ2n) is 31.1. The highest BCUT2D eigenvalue weighted by molar-refractivity contribution is 7.99. The lowest BCUT2D eigenvalue weighted by atomic mass is 9.33. The summed E-state index contributed by atoms with van der Waals surface area (Å²) in [5.74, 6) is -2.39. The average molecular weight is 1480 g/mol. The summed E-state index contributed by atoms with van der Waals surface area (Å²) in [7, 11) is -11.1. The Labute approximate surface area is 606 Å². The SMILES string of the molecule is Cc1ncsc1-c1ccc([C@H](C)NC(=O)[C@@H]2C[C@@H](O)CN2C(=O)[C@@H](NC(=O)CCCC(=O)N2CCN(CC[C@H](CSc3ccccc3)Nc3ccc(S(=O)(=O)NC(=O)c4ccc(N5CCN(CC6=C(C78CC(C)(C7)C8)CC(C)(C)CC6)CC5)cc4)cc3S(=O)(=O)C(F)(F)F)CC2)C(C)(C)C)cc1. The van der Waals surface area contributed by atoms with Crippen molar-refractivity contribution in [2.75, 3.05) is 88.0 Å². The molecule has 1 aromatic heterocycles. The number of aromatic nitrogens is 1. The summed E-state index contributed by atoms with van der Waals surface area (Å²) >= 11 is 2.93. The van der Waals surface area contributed by atoms with Crippen LogP contribution in [0, 0.1) is 28.6 Å². The lowest BCUT2D eigenvalue weighted by molar-refractivity contribution is -0.167. The molecule has 2 bridgehead atoms. The number of anilines is 2. The molecule has 7 aliphatic rings. The van der Waals surface area contributed by atoms with Crippen LogP contribution in [0.5, 0.6) is 0 Å². The molecule has 4 heterocycles. The number of thioether (sulfide) groups is 1. The fraction of sp³-hybridized carbons (Fsp3) is 0.547. The Morgan fingerprint density at radius 1 is 0.814 bits per heavy atom. The van der Waals surface area contributed by atoms with E-state index in [1.54, 1.807) is 65.8 Å². The van der Waals surface area contributed by atoms with Crippen LogP contribution in [0.3, 0.4) is 0 Å². The lowest BCUT2D eigenvalue weighted by Gasteiger charge is -2.72. The number of piperazine rings is 2. The first-order valence-electron chi connectivity index (χ1n) is 35.4. The van der Waals surface area contributed by atoms with Gasteiger partial charge >= 0.3 is 5.51 Å². The van der Waals surface area contributed by atoms with Crippen molar-refractivity contribution in [1.82, 2.24) is 39.9 Å². The maximum atomic E-state index is 14.6. The first-order chi connectivity index (χ1) is 48.1. The first kappa shape index (κ1) is 76.3. The van der Waals surface area contributed by atoms with Gasteiger partial charge in [-0.3, -0.25) is 33.8 Å². The molecule has 4 aromatic carbocycles. The van der Waals surface area contributed by atoms with E-state index in [2.05, 4.69) is 56.4 Å². The largest absolute Gasteiger partial charge is 0.501 e. The van der Waals surface area contributed by atoms with E-state index in [0.717, 1.165) is 83.6 Å². The molecule has 5 aromatic rings. The minimum atomic E-state index is -6.19. The number of β-amino-alcohol motifs (C(OH)–C–C–N with tert-alkyl or cyclic N) is 1. The quantitative estimate of drug-likeness (QED) is 0.0255. The predicted octanol–water partition coefficient (Wildman–Crippen LogP) is 11.0. The standard InChI is InChI=1S/C75H97F3N10O10S4/c1-49(51-17-19-52(20-18-51)66-50(2)79-48-100-66)80-69(93)62-39-57(89)43-88(62)70(94)67(71(3,4)5)82-64(90)15-12-16-65(91)87-37-31-84(32-38-87)30-28-55(44-99-58-13-10-9-11-14-58)81-61-26-25-59(40-63(61)101(95,96)75(76,77)78)102(97,98)83-68(92)53-21-23-56(24-22-53)86-35-33-85(34-36-86)42-54-27-29-72(6,7)41-60(54)74-45-73(8,46-74)47-74/h9-11,13-14,17-26,40,48-49,55,57,62,67,81,89H,12,15-16,27-39,41-47H2,1-8H3,(H,80,93)(H,82,90)(H,83,92)/t49-,55+,57+,62-,67+,73?,74?/m0/s1. The van der Waals surface area contributed by atoms with Gasteiger partial charge in [0.1, 0.15) is 17.0 Å². The number of aliphatic hydroxyl groups excluding tert-OH is 1. The van der Waals surface area contributed by atoms with Crippen molar-refractivity contribution >= 4 is 83.9 Å². The minimum absolute atomic E-state index is 0.0240. The summed E-state index contributed by atoms with van der Waals surface area (Å²) < 4.78 is 100. The normalized spacial score (nSPS) is 22.8. The first-order valence-corrected chi connectivity index (χ1v) is 40.3. The maximum absolute atomic E-state index is 14.6. The van der Waals surface area contributed by atoms with Gasteiger partial charge in [-0.1, -0.05) is 95.2 Å². The second-order valence-corrected chi connectivity index (χ2v) is 36.6. The van der Waals surface area contributed by atoms with Crippen LogP contribution in [0.2, 0.25) is 0 Å². The van der Waals surface area contributed by atoms with Gasteiger partial charge in [-0.15, -0.1) is 23.1 Å². The molecule has 6 fully saturated rings. The Balaban J connectivity index is 0.661. The van der Waals surface area contributed by atoms with E-state index in [9.17, 15) is 59.1 Å². The number of likely N-dealkylation sites (tertiary alicyclic amines) is 1. The summed E-state index contributed by atoms with van der Waals surface area (Å²) in [6, 6.07) is 22.6. The molecule has 0 spiro atoms. The molecule has 3 saturated heterocycles. The number of aryl methyl sites for hydroxylation is 1. The van der Waals surface area contributed by atoms with E-state index in [0.29, 0.717) is 55.0 Å². The number of benzene rings is 4. The predicted molar refractivity (Wildman–Crippen MR) is 391 cm³/mol. The lowest BCUT2D eigenvalue weighted by Crippen LogP contribution is -2.61. The Kier molecular flexibility index (Phi) is 22.9. The van der Waals surface area contributed by atoms with Crippen LogP contribution in [0.1, 0.15) is 147 Å². The molecule has 5 atom stereocenters. The highest BCUT2D eigenvalue weighted by Gasteiger charge is 2.67. The summed E-state index contributed by atoms with van der Waals surface area (Å²) in [5.41, 5.74) is 2.91. The topological polar surface area (TPSA) is 251 Å². The van der Waals surface area contributed by atoms with E-state index in [4.69, 9.17) is 0 Å².